The molecule has 2 rings (SSSR count). The molecule has 9 heteroatoms. The van der Waals surface area contributed by atoms with E-state index >= 15 is 0 Å². The van der Waals surface area contributed by atoms with E-state index in [0.29, 0.717) is 15.7 Å². The normalized spacial score (nSPS) is 12.3. The zero-order valence-electron chi connectivity index (χ0n) is 15.1. The number of hydrogen-bond acceptors (Lipinski definition) is 4. The van der Waals surface area contributed by atoms with Crippen molar-refractivity contribution in [1.82, 2.24) is 0 Å². The van der Waals surface area contributed by atoms with Gasteiger partial charge in [0.05, 0.1) is 29.8 Å². The average Bonchev–Trinajstić information content (AvgIpc) is 2.60. The molecule has 2 aromatic rings. The monoisotopic (exact) mass is 430 g/mol. The molecule has 0 saturated heterocycles. The topological polar surface area (TPSA) is 75.7 Å². The molecule has 1 N–H and O–H groups in total. The third-order valence-electron chi connectivity index (χ3n) is 3.84. The average molecular weight is 431 g/mol. The van der Waals surface area contributed by atoms with E-state index < -0.39 is 22.0 Å². The SMILES string of the molecule is CCC(C(=O)Nc1ccccc1Cl)N(c1cc(Cl)ccc1OC)S(C)(=O)=O. The summed E-state index contributed by atoms with van der Waals surface area (Å²) in [6.45, 7) is 1.71. The van der Waals surface area contributed by atoms with Gasteiger partial charge in [-0.1, -0.05) is 42.3 Å². The maximum atomic E-state index is 12.9. The molecule has 0 bridgehead atoms. The van der Waals surface area contributed by atoms with Gasteiger partial charge in [-0.3, -0.25) is 9.10 Å². The summed E-state index contributed by atoms with van der Waals surface area (Å²) in [6.07, 6.45) is 1.25. The van der Waals surface area contributed by atoms with Crippen molar-refractivity contribution in [2.24, 2.45) is 0 Å². The number of benzene rings is 2. The number of nitrogens with one attached hydrogen (secondary N) is 1. The molecular formula is C18H20Cl2N2O4S. The van der Waals surface area contributed by atoms with Gasteiger partial charge in [-0.2, -0.15) is 0 Å². The first-order chi connectivity index (χ1) is 12.7. The van der Waals surface area contributed by atoms with Gasteiger partial charge in [-0.05, 0) is 36.8 Å². The molecule has 1 atom stereocenters. The van der Waals surface area contributed by atoms with Crippen LogP contribution in [0, 0.1) is 0 Å². The zero-order valence-corrected chi connectivity index (χ0v) is 17.4. The quantitative estimate of drug-likeness (QED) is 0.714. The fourth-order valence-electron chi connectivity index (χ4n) is 2.65. The van der Waals surface area contributed by atoms with Crippen LogP contribution < -0.4 is 14.4 Å². The summed E-state index contributed by atoms with van der Waals surface area (Å²) < 4.78 is 31.4. The Labute approximate surface area is 169 Å². The summed E-state index contributed by atoms with van der Waals surface area (Å²) >= 11 is 12.1. The lowest BCUT2D eigenvalue weighted by atomic mass is 10.1. The summed E-state index contributed by atoms with van der Waals surface area (Å²) in [7, 11) is -2.41. The molecule has 0 aliphatic rings. The number of hydrogen-bond donors (Lipinski definition) is 1. The van der Waals surface area contributed by atoms with Gasteiger partial charge in [0.1, 0.15) is 11.8 Å². The van der Waals surface area contributed by atoms with E-state index in [9.17, 15) is 13.2 Å². The van der Waals surface area contributed by atoms with E-state index in [4.69, 9.17) is 27.9 Å². The Bertz CT molecular complexity index is 935. The van der Waals surface area contributed by atoms with Crippen molar-refractivity contribution in [2.45, 2.75) is 19.4 Å². The molecule has 0 radical (unpaired) electrons. The van der Waals surface area contributed by atoms with Gasteiger partial charge in [0.25, 0.3) is 0 Å². The molecule has 1 amide bonds. The number of sulfonamides is 1. The van der Waals surface area contributed by atoms with Gasteiger partial charge >= 0.3 is 0 Å². The van der Waals surface area contributed by atoms with Crippen LogP contribution in [0.15, 0.2) is 42.5 Å². The highest BCUT2D eigenvalue weighted by molar-refractivity contribution is 7.92. The van der Waals surface area contributed by atoms with E-state index in [1.807, 2.05) is 0 Å². The Kier molecular flexibility index (Phi) is 6.97. The maximum absolute atomic E-state index is 12.9. The van der Waals surface area contributed by atoms with Gasteiger partial charge in [0.15, 0.2) is 0 Å². The predicted molar refractivity (Wildman–Crippen MR) is 109 cm³/mol. The summed E-state index contributed by atoms with van der Waals surface area (Å²) in [5.74, 6) is -0.230. The van der Waals surface area contributed by atoms with E-state index in [1.165, 1.54) is 13.2 Å². The zero-order chi connectivity index (χ0) is 20.2. The van der Waals surface area contributed by atoms with Crippen molar-refractivity contribution >= 4 is 50.5 Å². The maximum Gasteiger partial charge on any atom is 0.248 e. The number of methoxy groups -OCH3 is 1. The number of para-hydroxylation sites is 1. The van der Waals surface area contributed by atoms with E-state index in [1.54, 1.807) is 43.3 Å². The molecule has 1 unspecified atom stereocenters. The number of carbonyl (C=O) groups excluding carboxylic acids is 1. The first-order valence-corrected chi connectivity index (χ1v) is 10.7. The molecule has 0 spiro atoms. The van der Waals surface area contributed by atoms with Crippen LogP contribution in [0.3, 0.4) is 0 Å². The van der Waals surface area contributed by atoms with Crippen LogP contribution in [0.4, 0.5) is 11.4 Å². The van der Waals surface area contributed by atoms with Gasteiger partial charge in [-0.25, -0.2) is 8.42 Å². The number of anilines is 2. The number of nitrogens with zero attached hydrogens (tertiary/aromatic N) is 1. The Balaban J connectivity index is 2.50. The van der Waals surface area contributed by atoms with Gasteiger partial charge in [-0.15, -0.1) is 0 Å². The van der Waals surface area contributed by atoms with Gasteiger partial charge < -0.3 is 10.1 Å². The minimum Gasteiger partial charge on any atom is -0.495 e. The van der Waals surface area contributed by atoms with E-state index in [0.717, 1.165) is 10.6 Å². The summed E-state index contributed by atoms with van der Waals surface area (Å²) in [5, 5.41) is 3.36. The number of ether oxygens (including phenoxy) is 1. The third-order valence-corrected chi connectivity index (χ3v) is 5.57. The molecule has 6 nitrogen and oxygen atoms in total. The predicted octanol–water partition coefficient (Wildman–Crippen LogP) is 4.19. The molecular weight excluding hydrogens is 411 g/mol. The summed E-state index contributed by atoms with van der Waals surface area (Å²) in [6, 6.07) is 10.3. The van der Waals surface area contributed by atoms with Crippen LogP contribution in [0.1, 0.15) is 13.3 Å². The third kappa shape index (κ3) is 5.06. The Hall–Kier alpha value is -1.96. The molecule has 0 aliphatic heterocycles. The second kappa shape index (κ2) is 8.82. The van der Waals surface area contributed by atoms with Crippen molar-refractivity contribution in [3.8, 4) is 5.75 Å². The van der Waals surface area contributed by atoms with Crippen molar-refractivity contribution in [3.05, 3.63) is 52.5 Å². The second-order valence-corrected chi connectivity index (χ2v) is 8.47. The lowest BCUT2D eigenvalue weighted by Crippen LogP contribution is -2.47. The molecule has 146 valence electrons. The van der Waals surface area contributed by atoms with Gasteiger partial charge in [0, 0.05) is 5.02 Å². The standard InChI is InChI=1S/C18H20Cl2N2O4S/c1-4-15(18(23)21-14-8-6-5-7-13(14)20)22(27(3,24)25)16-11-12(19)9-10-17(16)26-2/h5-11,15H,4H2,1-3H3,(H,21,23). The highest BCUT2D eigenvalue weighted by Gasteiger charge is 2.33. The van der Waals surface area contributed by atoms with Crippen molar-refractivity contribution < 1.29 is 17.9 Å². The first-order valence-electron chi connectivity index (χ1n) is 8.07. The lowest BCUT2D eigenvalue weighted by Gasteiger charge is -2.31. The second-order valence-electron chi connectivity index (χ2n) is 5.77. The van der Waals surface area contributed by atoms with Crippen molar-refractivity contribution in [2.75, 3.05) is 23.0 Å². The molecule has 0 heterocycles. The van der Waals surface area contributed by atoms with Crippen LogP contribution in [0.25, 0.3) is 0 Å². The van der Waals surface area contributed by atoms with Crippen molar-refractivity contribution in [1.29, 1.82) is 0 Å². The van der Waals surface area contributed by atoms with Crippen LogP contribution in [-0.2, 0) is 14.8 Å². The van der Waals surface area contributed by atoms with Crippen LogP contribution in [0.2, 0.25) is 10.0 Å². The number of carbonyl (C=O) groups is 1. The Morgan fingerprint density at radius 1 is 1.22 bits per heavy atom. The van der Waals surface area contributed by atoms with E-state index in [2.05, 4.69) is 5.32 Å². The number of amides is 1. The van der Waals surface area contributed by atoms with E-state index in [-0.39, 0.29) is 17.9 Å². The number of rotatable bonds is 7. The molecule has 2 aromatic carbocycles. The van der Waals surface area contributed by atoms with Crippen LogP contribution in [0.5, 0.6) is 5.75 Å². The molecule has 0 aliphatic carbocycles. The first kappa shape index (κ1) is 21.3. The number of halogens is 2. The molecule has 0 aromatic heterocycles. The summed E-state index contributed by atoms with van der Waals surface area (Å²) in [4.78, 5) is 12.9. The smallest absolute Gasteiger partial charge is 0.248 e. The van der Waals surface area contributed by atoms with Crippen molar-refractivity contribution in [3.63, 3.8) is 0 Å². The lowest BCUT2D eigenvalue weighted by molar-refractivity contribution is -0.117. The minimum atomic E-state index is -3.83. The summed E-state index contributed by atoms with van der Waals surface area (Å²) in [5.41, 5.74) is 0.586. The largest absolute Gasteiger partial charge is 0.495 e. The highest BCUT2D eigenvalue weighted by atomic mass is 35.5. The highest BCUT2D eigenvalue weighted by Crippen LogP contribution is 2.35. The molecule has 0 fully saturated rings. The van der Waals surface area contributed by atoms with Crippen LogP contribution in [-0.4, -0.2) is 33.7 Å². The molecule has 0 saturated carbocycles. The Morgan fingerprint density at radius 2 is 1.89 bits per heavy atom. The minimum absolute atomic E-state index is 0.189. The van der Waals surface area contributed by atoms with Gasteiger partial charge in [0.2, 0.25) is 15.9 Å². The molecule has 27 heavy (non-hydrogen) atoms. The van der Waals surface area contributed by atoms with Crippen LogP contribution >= 0.6 is 23.2 Å². The fraction of sp³-hybridized carbons (Fsp3) is 0.278. The Morgan fingerprint density at radius 3 is 2.44 bits per heavy atom. The fourth-order valence-corrected chi connectivity index (χ4v) is 4.21.